The highest BCUT2D eigenvalue weighted by Crippen LogP contribution is 2.29. The summed E-state index contributed by atoms with van der Waals surface area (Å²) in [4.78, 5) is 54.0. The molecule has 2 bridgehead atoms. The number of aromatic amines is 1. The second-order valence-corrected chi connectivity index (χ2v) is 7.24. The van der Waals surface area contributed by atoms with E-state index in [1.807, 2.05) is 24.8 Å². The Labute approximate surface area is 151 Å². The third-order valence-electron chi connectivity index (χ3n) is 5.04. The maximum absolute atomic E-state index is 12.7. The Bertz CT molecular complexity index is 849. The number of hydrogen-bond acceptors (Lipinski definition) is 4. The Kier molecular flexibility index (Phi) is 5.11. The van der Waals surface area contributed by atoms with Gasteiger partial charge in [0.05, 0.1) is 5.92 Å². The van der Waals surface area contributed by atoms with Gasteiger partial charge in [0.2, 0.25) is 11.8 Å². The van der Waals surface area contributed by atoms with Crippen LogP contribution in [0.25, 0.3) is 0 Å². The van der Waals surface area contributed by atoms with Crippen molar-refractivity contribution in [2.75, 3.05) is 19.6 Å². The summed E-state index contributed by atoms with van der Waals surface area (Å²) in [7, 11) is 0. The quantitative estimate of drug-likeness (QED) is 0.762. The molecule has 0 radical (unpaired) electrons. The van der Waals surface area contributed by atoms with E-state index in [2.05, 4.69) is 4.98 Å². The maximum atomic E-state index is 12.7. The van der Waals surface area contributed by atoms with Gasteiger partial charge in [0.25, 0.3) is 5.56 Å². The van der Waals surface area contributed by atoms with Gasteiger partial charge in [-0.2, -0.15) is 0 Å². The number of allylic oxidation sites excluding steroid dienone is 1. The van der Waals surface area contributed by atoms with Crippen LogP contribution in [0.15, 0.2) is 33.5 Å². The SMILES string of the molecule is CC(C)=CCN1C(=O)[C@H]2CC[C@@H]1CN(C(=O)Cn1ccc(=O)[nH]c1=O)C2. The summed E-state index contributed by atoms with van der Waals surface area (Å²) in [5.74, 6) is -0.293. The van der Waals surface area contributed by atoms with Crippen molar-refractivity contribution >= 4 is 11.8 Å². The lowest BCUT2D eigenvalue weighted by atomic mass is 9.94. The summed E-state index contributed by atoms with van der Waals surface area (Å²) in [5, 5.41) is 0. The van der Waals surface area contributed by atoms with Gasteiger partial charge in [-0.15, -0.1) is 0 Å². The molecule has 1 aromatic heterocycles. The molecule has 3 saturated heterocycles. The molecule has 2 amide bonds. The van der Waals surface area contributed by atoms with Crippen LogP contribution < -0.4 is 11.2 Å². The number of fused-ring (bicyclic) bond motifs is 4. The van der Waals surface area contributed by atoms with Crippen molar-refractivity contribution in [2.45, 2.75) is 39.3 Å². The molecular weight excluding hydrogens is 336 g/mol. The van der Waals surface area contributed by atoms with E-state index in [1.165, 1.54) is 16.8 Å². The summed E-state index contributed by atoms with van der Waals surface area (Å²) >= 11 is 0. The Morgan fingerprint density at radius 2 is 2.00 bits per heavy atom. The van der Waals surface area contributed by atoms with E-state index < -0.39 is 11.2 Å². The highest BCUT2D eigenvalue weighted by Gasteiger charge is 2.41. The van der Waals surface area contributed by atoms with E-state index in [4.69, 9.17) is 0 Å². The van der Waals surface area contributed by atoms with E-state index in [1.54, 1.807) is 4.90 Å². The minimum atomic E-state index is -0.607. The van der Waals surface area contributed by atoms with Crippen molar-refractivity contribution in [2.24, 2.45) is 5.92 Å². The second-order valence-electron chi connectivity index (χ2n) is 7.24. The Balaban J connectivity index is 1.75. The normalized spacial score (nSPS) is 22.3. The van der Waals surface area contributed by atoms with Crippen LogP contribution >= 0.6 is 0 Å². The van der Waals surface area contributed by atoms with Crippen LogP contribution in [0.5, 0.6) is 0 Å². The topological polar surface area (TPSA) is 95.5 Å². The molecule has 0 unspecified atom stereocenters. The monoisotopic (exact) mass is 360 g/mol. The average molecular weight is 360 g/mol. The molecule has 0 aliphatic carbocycles. The first kappa shape index (κ1) is 18.2. The van der Waals surface area contributed by atoms with Gasteiger partial charge in [-0.1, -0.05) is 11.6 Å². The molecule has 3 fully saturated rings. The standard InChI is InChI=1S/C18H24N4O4/c1-12(2)5-8-22-14-4-3-13(17(22)25)9-21(10-14)16(24)11-20-7-6-15(23)19-18(20)26/h5-7,13-14H,3-4,8-11H2,1-2H3,(H,19,23,26)/t13-,14+/m0/s1. The lowest BCUT2D eigenvalue weighted by molar-refractivity contribution is -0.139. The summed E-state index contributed by atoms with van der Waals surface area (Å²) in [6.45, 7) is 5.30. The number of carbonyl (C=O) groups is 2. The molecule has 0 aromatic carbocycles. The van der Waals surface area contributed by atoms with Crippen molar-refractivity contribution in [3.8, 4) is 0 Å². The third kappa shape index (κ3) is 3.79. The fourth-order valence-electron chi connectivity index (χ4n) is 3.58. The second kappa shape index (κ2) is 7.31. The molecule has 2 atom stereocenters. The number of nitrogens with zero attached hydrogens (tertiary/aromatic N) is 3. The predicted octanol–water partition coefficient (Wildman–Crippen LogP) is -0.0478. The van der Waals surface area contributed by atoms with Crippen molar-refractivity contribution < 1.29 is 9.59 Å². The summed E-state index contributed by atoms with van der Waals surface area (Å²) in [6, 6.07) is 1.22. The number of carbonyl (C=O) groups excluding carboxylic acids is 2. The van der Waals surface area contributed by atoms with Crippen LogP contribution in [0.2, 0.25) is 0 Å². The van der Waals surface area contributed by atoms with E-state index in [9.17, 15) is 19.2 Å². The number of H-pyrrole nitrogens is 1. The smallest absolute Gasteiger partial charge is 0.328 e. The maximum Gasteiger partial charge on any atom is 0.328 e. The number of hydrogen-bond donors (Lipinski definition) is 1. The van der Waals surface area contributed by atoms with E-state index in [-0.39, 0.29) is 30.3 Å². The molecule has 140 valence electrons. The molecular formula is C18H24N4O4. The van der Waals surface area contributed by atoms with Gasteiger partial charge in [0, 0.05) is 37.9 Å². The molecule has 4 heterocycles. The fourth-order valence-corrected chi connectivity index (χ4v) is 3.58. The third-order valence-corrected chi connectivity index (χ3v) is 5.04. The van der Waals surface area contributed by atoms with E-state index in [0.717, 1.165) is 18.4 Å². The Hall–Kier alpha value is -2.64. The van der Waals surface area contributed by atoms with E-state index in [0.29, 0.717) is 19.6 Å². The lowest BCUT2D eigenvalue weighted by Gasteiger charge is -2.35. The lowest BCUT2D eigenvalue weighted by Crippen LogP contribution is -2.48. The highest BCUT2D eigenvalue weighted by molar-refractivity contribution is 5.83. The van der Waals surface area contributed by atoms with Crippen LogP contribution in [0.1, 0.15) is 26.7 Å². The largest absolute Gasteiger partial charge is 0.338 e. The molecule has 0 saturated carbocycles. The van der Waals surface area contributed by atoms with Crippen LogP contribution in [-0.4, -0.2) is 56.8 Å². The van der Waals surface area contributed by atoms with Gasteiger partial charge < -0.3 is 9.80 Å². The van der Waals surface area contributed by atoms with Gasteiger partial charge in [0.15, 0.2) is 0 Å². The van der Waals surface area contributed by atoms with E-state index >= 15 is 0 Å². The zero-order valence-corrected chi connectivity index (χ0v) is 15.1. The van der Waals surface area contributed by atoms with Gasteiger partial charge in [0.1, 0.15) is 6.54 Å². The first-order chi connectivity index (χ1) is 12.3. The van der Waals surface area contributed by atoms with Crippen LogP contribution in [0.3, 0.4) is 0 Å². The zero-order chi connectivity index (χ0) is 18.8. The minimum absolute atomic E-state index is 0.00750. The first-order valence-corrected chi connectivity index (χ1v) is 8.86. The molecule has 4 rings (SSSR count). The molecule has 3 aliphatic heterocycles. The first-order valence-electron chi connectivity index (χ1n) is 8.86. The van der Waals surface area contributed by atoms with Crippen molar-refractivity contribution in [3.63, 3.8) is 0 Å². The van der Waals surface area contributed by atoms with Crippen LogP contribution in [0, 0.1) is 5.92 Å². The van der Waals surface area contributed by atoms with Gasteiger partial charge in [-0.25, -0.2) is 4.79 Å². The molecule has 26 heavy (non-hydrogen) atoms. The molecule has 8 heteroatoms. The molecule has 3 aliphatic rings. The average Bonchev–Trinajstić information content (AvgIpc) is 2.87. The Morgan fingerprint density at radius 1 is 1.23 bits per heavy atom. The van der Waals surface area contributed by atoms with Crippen molar-refractivity contribution in [3.05, 3.63) is 44.8 Å². The number of aromatic nitrogens is 2. The summed E-state index contributed by atoms with van der Waals surface area (Å²) in [6.07, 6.45) is 5.02. The summed E-state index contributed by atoms with van der Waals surface area (Å²) < 4.78 is 1.18. The predicted molar refractivity (Wildman–Crippen MR) is 95.6 cm³/mol. The van der Waals surface area contributed by atoms with Crippen LogP contribution in [0.4, 0.5) is 0 Å². The fraction of sp³-hybridized carbons (Fsp3) is 0.556. The summed E-state index contributed by atoms with van der Waals surface area (Å²) in [5.41, 5.74) is 0.0558. The van der Waals surface area contributed by atoms with Crippen molar-refractivity contribution in [1.29, 1.82) is 0 Å². The number of rotatable bonds is 4. The van der Waals surface area contributed by atoms with Gasteiger partial charge in [-0.3, -0.25) is 23.9 Å². The van der Waals surface area contributed by atoms with Crippen LogP contribution in [-0.2, 0) is 16.1 Å². The highest BCUT2D eigenvalue weighted by atomic mass is 16.2. The zero-order valence-electron chi connectivity index (χ0n) is 15.1. The minimum Gasteiger partial charge on any atom is -0.338 e. The number of amides is 2. The molecule has 8 nitrogen and oxygen atoms in total. The molecule has 1 aromatic rings. The van der Waals surface area contributed by atoms with Crippen molar-refractivity contribution in [1.82, 2.24) is 19.4 Å². The number of piperidine rings is 1. The number of nitrogens with one attached hydrogen (secondary N) is 1. The molecule has 0 spiro atoms. The molecule has 1 N–H and O–H groups in total. The van der Waals surface area contributed by atoms with Gasteiger partial charge >= 0.3 is 5.69 Å². The Morgan fingerprint density at radius 3 is 2.69 bits per heavy atom. The van der Waals surface area contributed by atoms with Gasteiger partial charge in [-0.05, 0) is 26.7 Å².